The van der Waals surface area contributed by atoms with Crippen molar-refractivity contribution in [1.82, 2.24) is 5.32 Å². The summed E-state index contributed by atoms with van der Waals surface area (Å²) >= 11 is 1.79. The van der Waals surface area contributed by atoms with Gasteiger partial charge in [-0.2, -0.15) is 11.3 Å². The van der Waals surface area contributed by atoms with Crippen molar-refractivity contribution in [3.05, 3.63) is 57.8 Å². The van der Waals surface area contributed by atoms with Crippen LogP contribution < -0.4 is 5.32 Å². The van der Waals surface area contributed by atoms with E-state index >= 15 is 0 Å². The lowest BCUT2D eigenvalue weighted by molar-refractivity contribution is 0.411. The normalized spacial score (nSPS) is 16.9. The number of likely N-dealkylation sites (N-methyl/N-ethyl adjacent to an activating group) is 1. The van der Waals surface area contributed by atoms with Crippen LogP contribution in [0.4, 0.5) is 0 Å². The Bertz CT molecular complexity index is 528. The molecule has 20 heavy (non-hydrogen) atoms. The van der Waals surface area contributed by atoms with E-state index in [2.05, 4.69) is 53.3 Å². The van der Waals surface area contributed by atoms with Crippen LogP contribution in [0.2, 0.25) is 0 Å². The van der Waals surface area contributed by atoms with Crippen LogP contribution in [0.5, 0.6) is 0 Å². The molecule has 0 bridgehead atoms. The number of nitrogens with one attached hydrogen (secondary N) is 1. The second-order valence-corrected chi connectivity index (χ2v) is 6.48. The van der Waals surface area contributed by atoms with Gasteiger partial charge < -0.3 is 5.32 Å². The van der Waals surface area contributed by atoms with Crippen molar-refractivity contribution in [3.8, 4) is 0 Å². The van der Waals surface area contributed by atoms with Crippen LogP contribution in [0.15, 0.2) is 41.1 Å². The van der Waals surface area contributed by atoms with E-state index in [9.17, 15) is 0 Å². The molecule has 1 fully saturated rings. The molecule has 0 spiro atoms. The first kappa shape index (κ1) is 13.8. The smallest absolute Gasteiger partial charge is 0.0363 e. The van der Waals surface area contributed by atoms with E-state index in [4.69, 9.17) is 0 Å². The maximum Gasteiger partial charge on any atom is 0.0363 e. The molecule has 1 aliphatic carbocycles. The molecular formula is C18H23NS. The zero-order chi connectivity index (χ0) is 13.8. The minimum Gasteiger partial charge on any atom is -0.310 e. The van der Waals surface area contributed by atoms with Gasteiger partial charge in [0.25, 0.3) is 0 Å². The topological polar surface area (TPSA) is 12.0 Å². The van der Waals surface area contributed by atoms with Crippen molar-refractivity contribution in [3.63, 3.8) is 0 Å². The van der Waals surface area contributed by atoms with E-state index in [-0.39, 0.29) is 0 Å². The fourth-order valence-corrected chi connectivity index (χ4v) is 3.78. The SMILES string of the molecule is CCNC(Cc1ccsc1)c1ccccc1C1CCC1. The summed E-state index contributed by atoms with van der Waals surface area (Å²) in [4.78, 5) is 0. The van der Waals surface area contributed by atoms with Gasteiger partial charge in [0.05, 0.1) is 0 Å². The van der Waals surface area contributed by atoms with Crippen LogP contribution in [-0.2, 0) is 6.42 Å². The van der Waals surface area contributed by atoms with Crippen LogP contribution >= 0.6 is 11.3 Å². The number of benzene rings is 1. The van der Waals surface area contributed by atoms with Gasteiger partial charge in [-0.05, 0) is 65.2 Å². The summed E-state index contributed by atoms with van der Waals surface area (Å²) in [5, 5.41) is 8.14. The third-order valence-electron chi connectivity index (χ3n) is 4.39. The van der Waals surface area contributed by atoms with Crippen LogP contribution in [0, 0.1) is 0 Å². The van der Waals surface area contributed by atoms with Crippen molar-refractivity contribution < 1.29 is 0 Å². The Labute approximate surface area is 126 Å². The van der Waals surface area contributed by atoms with Crippen molar-refractivity contribution >= 4 is 11.3 Å². The van der Waals surface area contributed by atoms with Gasteiger partial charge in [-0.3, -0.25) is 0 Å². The van der Waals surface area contributed by atoms with Crippen LogP contribution in [0.3, 0.4) is 0 Å². The van der Waals surface area contributed by atoms with E-state index in [0.717, 1.165) is 18.9 Å². The molecule has 1 atom stereocenters. The Morgan fingerprint density at radius 1 is 1.25 bits per heavy atom. The lowest BCUT2D eigenvalue weighted by atomic mass is 9.76. The average molecular weight is 285 g/mol. The molecule has 0 radical (unpaired) electrons. The molecule has 2 aromatic rings. The standard InChI is InChI=1S/C18H23NS/c1-2-19-18(12-14-10-11-20-13-14)17-9-4-3-8-16(17)15-6-5-7-15/h3-4,8-11,13,15,18-19H,2,5-7,12H2,1H3. The van der Waals surface area contributed by atoms with E-state index < -0.39 is 0 Å². The van der Waals surface area contributed by atoms with E-state index in [1.54, 1.807) is 16.9 Å². The Morgan fingerprint density at radius 2 is 2.10 bits per heavy atom. The Hall–Kier alpha value is -1.12. The predicted molar refractivity (Wildman–Crippen MR) is 87.5 cm³/mol. The third kappa shape index (κ3) is 2.97. The molecule has 1 aliphatic rings. The second-order valence-electron chi connectivity index (χ2n) is 5.70. The van der Waals surface area contributed by atoms with Gasteiger partial charge >= 0.3 is 0 Å². The summed E-state index contributed by atoms with van der Waals surface area (Å²) in [6.07, 6.45) is 5.24. The summed E-state index contributed by atoms with van der Waals surface area (Å²) in [7, 11) is 0. The number of hydrogen-bond acceptors (Lipinski definition) is 2. The van der Waals surface area contributed by atoms with Gasteiger partial charge in [0, 0.05) is 6.04 Å². The molecule has 1 N–H and O–H groups in total. The molecule has 0 saturated heterocycles. The molecule has 1 nitrogen and oxygen atoms in total. The number of hydrogen-bond donors (Lipinski definition) is 1. The Morgan fingerprint density at radius 3 is 2.75 bits per heavy atom. The largest absolute Gasteiger partial charge is 0.310 e. The fraction of sp³-hybridized carbons (Fsp3) is 0.444. The first-order valence-electron chi connectivity index (χ1n) is 7.71. The number of rotatable bonds is 6. The average Bonchev–Trinajstić information content (AvgIpc) is 2.90. The lowest BCUT2D eigenvalue weighted by Crippen LogP contribution is -2.25. The van der Waals surface area contributed by atoms with Gasteiger partial charge in [0.2, 0.25) is 0 Å². The highest BCUT2D eigenvalue weighted by molar-refractivity contribution is 7.07. The third-order valence-corrected chi connectivity index (χ3v) is 5.12. The molecule has 1 aromatic heterocycles. The first-order chi connectivity index (χ1) is 9.88. The Balaban J connectivity index is 1.86. The van der Waals surface area contributed by atoms with Crippen molar-refractivity contribution in [2.24, 2.45) is 0 Å². The molecule has 1 unspecified atom stereocenters. The minimum atomic E-state index is 0.450. The number of thiophene rings is 1. The van der Waals surface area contributed by atoms with Gasteiger partial charge in [0.15, 0.2) is 0 Å². The maximum absolute atomic E-state index is 3.69. The molecule has 1 heterocycles. The zero-order valence-electron chi connectivity index (χ0n) is 12.1. The highest BCUT2D eigenvalue weighted by atomic mass is 32.1. The van der Waals surface area contributed by atoms with Gasteiger partial charge in [0.1, 0.15) is 0 Å². The van der Waals surface area contributed by atoms with Gasteiger partial charge in [-0.1, -0.05) is 37.6 Å². The van der Waals surface area contributed by atoms with Gasteiger partial charge in [-0.25, -0.2) is 0 Å². The van der Waals surface area contributed by atoms with Crippen LogP contribution in [0.1, 0.15) is 54.8 Å². The predicted octanol–water partition coefficient (Wildman–Crippen LogP) is 4.91. The molecule has 106 valence electrons. The molecule has 0 aliphatic heterocycles. The fourth-order valence-electron chi connectivity index (χ4n) is 3.10. The summed E-state index contributed by atoms with van der Waals surface area (Å²) in [5.41, 5.74) is 4.55. The van der Waals surface area contributed by atoms with Crippen molar-refractivity contribution in [2.45, 2.75) is 44.6 Å². The molecule has 2 heteroatoms. The summed E-state index contributed by atoms with van der Waals surface area (Å²) in [5.74, 6) is 0.801. The van der Waals surface area contributed by atoms with Crippen LogP contribution in [-0.4, -0.2) is 6.54 Å². The molecule has 0 amide bonds. The maximum atomic E-state index is 3.69. The lowest BCUT2D eigenvalue weighted by Gasteiger charge is -2.30. The van der Waals surface area contributed by atoms with Crippen molar-refractivity contribution in [1.29, 1.82) is 0 Å². The van der Waals surface area contributed by atoms with Gasteiger partial charge in [-0.15, -0.1) is 0 Å². The van der Waals surface area contributed by atoms with E-state index in [0.29, 0.717) is 6.04 Å². The van der Waals surface area contributed by atoms with Crippen LogP contribution in [0.25, 0.3) is 0 Å². The van der Waals surface area contributed by atoms with Crippen molar-refractivity contribution in [2.75, 3.05) is 6.54 Å². The molecule has 1 saturated carbocycles. The first-order valence-corrected chi connectivity index (χ1v) is 8.66. The molecular weight excluding hydrogens is 262 g/mol. The monoisotopic (exact) mass is 285 g/mol. The minimum absolute atomic E-state index is 0.450. The van der Waals surface area contributed by atoms with E-state index in [1.165, 1.54) is 30.4 Å². The molecule has 3 rings (SSSR count). The molecule has 1 aromatic carbocycles. The highest BCUT2D eigenvalue weighted by Crippen LogP contribution is 2.40. The quantitative estimate of drug-likeness (QED) is 0.795. The summed E-state index contributed by atoms with van der Waals surface area (Å²) in [6, 6.07) is 11.8. The summed E-state index contributed by atoms with van der Waals surface area (Å²) < 4.78 is 0. The Kier molecular flexibility index (Phi) is 4.54. The second kappa shape index (κ2) is 6.55. The zero-order valence-corrected chi connectivity index (χ0v) is 13.0. The summed E-state index contributed by atoms with van der Waals surface area (Å²) in [6.45, 7) is 3.22. The van der Waals surface area contributed by atoms with E-state index in [1.807, 2.05) is 0 Å². The highest BCUT2D eigenvalue weighted by Gasteiger charge is 2.24.